The van der Waals surface area contributed by atoms with Gasteiger partial charge < -0.3 is 14.7 Å². The molecule has 2 aliphatic rings. The summed E-state index contributed by atoms with van der Waals surface area (Å²) in [7, 11) is 3.92. The molecule has 6 nitrogen and oxygen atoms in total. The van der Waals surface area contributed by atoms with Gasteiger partial charge in [0.25, 0.3) is 0 Å². The summed E-state index contributed by atoms with van der Waals surface area (Å²) >= 11 is 0. The van der Waals surface area contributed by atoms with Gasteiger partial charge in [-0.25, -0.2) is 4.79 Å². The molecule has 1 aromatic carbocycles. The Balaban J connectivity index is 2.04. The molecule has 0 bridgehead atoms. The van der Waals surface area contributed by atoms with Crippen molar-refractivity contribution in [3.63, 3.8) is 0 Å². The molecule has 1 aromatic rings. The van der Waals surface area contributed by atoms with E-state index in [9.17, 15) is 9.90 Å². The summed E-state index contributed by atoms with van der Waals surface area (Å²) in [4.78, 5) is 14.3. The lowest BCUT2D eigenvalue weighted by atomic mass is 10.1. The normalized spacial score (nSPS) is 11.1. The maximum Gasteiger partial charge on any atom is 0.342 e. The summed E-state index contributed by atoms with van der Waals surface area (Å²) in [6.45, 7) is 1.94. The summed E-state index contributed by atoms with van der Waals surface area (Å²) in [6, 6.07) is 16.6. The predicted molar refractivity (Wildman–Crippen MR) is 106 cm³/mol. The van der Waals surface area contributed by atoms with Crippen molar-refractivity contribution >= 4 is 23.0 Å². The Labute approximate surface area is 158 Å². The van der Waals surface area contributed by atoms with Crippen molar-refractivity contribution in [3.05, 3.63) is 60.2 Å². The van der Waals surface area contributed by atoms with E-state index in [-0.39, 0.29) is 23.6 Å². The lowest BCUT2D eigenvalue weighted by Gasteiger charge is -2.11. The monoisotopic (exact) mass is 363 g/mol. The van der Waals surface area contributed by atoms with Gasteiger partial charge in [-0.3, -0.25) is 0 Å². The molecule has 0 aliphatic heterocycles. The average Bonchev–Trinajstić information content (AvgIpc) is 2.78. The van der Waals surface area contributed by atoms with E-state index in [4.69, 9.17) is 4.74 Å². The third-order valence-electron chi connectivity index (χ3n) is 4.13. The molecular formula is C21H21N3O3. The highest BCUT2D eigenvalue weighted by Gasteiger charge is 2.28. The number of benzene rings is 1. The van der Waals surface area contributed by atoms with Crippen molar-refractivity contribution in [1.82, 2.24) is 0 Å². The molecule has 0 spiro atoms. The summed E-state index contributed by atoms with van der Waals surface area (Å²) in [6.07, 6.45) is 0. The third kappa shape index (κ3) is 3.74. The number of carbonyl (C=O) groups excluding carboxylic acids is 1. The highest BCUT2D eigenvalue weighted by molar-refractivity contribution is 6.07. The van der Waals surface area contributed by atoms with Crippen LogP contribution in [0.2, 0.25) is 0 Å². The highest BCUT2D eigenvalue weighted by Crippen LogP contribution is 2.47. The minimum absolute atomic E-state index is 0.111. The number of hydrogen-bond donors (Lipinski definition) is 1. The first kappa shape index (κ1) is 18.4. The second kappa shape index (κ2) is 7.86. The standard InChI is InChI=1S/C21H21N3O3/c1-4-27-21(26)18-16-8-6-5-7-9-17(16)19(20(18)25)23-22-14-10-12-15(13-11-14)24(2)3/h5-13,25H,4H2,1-3H3. The SMILES string of the molecule is CCOC(=O)c1c2cccccc-2c(N=Nc2ccc(N(C)C)cc2)c1O. The van der Waals surface area contributed by atoms with Crippen LogP contribution in [0.3, 0.4) is 0 Å². The molecule has 27 heavy (non-hydrogen) atoms. The van der Waals surface area contributed by atoms with Crippen LogP contribution in [0, 0.1) is 0 Å². The fourth-order valence-electron chi connectivity index (χ4n) is 2.78. The van der Waals surface area contributed by atoms with E-state index >= 15 is 0 Å². The van der Waals surface area contributed by atoms with E-state index in [1.54, 1.807) is 25.1 Å². The number of esters is 1. The smallest absolute Gasteiger partial charge is 0.342 e. The number of ether oxygens (including phenoxy) is 1. The first-order chi connectivity index (χ1) is 13.0. The number of aromatic hydroxyl groups is 1. The van der Waals surface area contributed by atoms with Crippen LogP contribution < -0.4 is 4.90 Å². The van der Waals surface area contributed by atoms with Gasteiger partial charge in [-0.15, -0.1) is 5.11 Å². The molecule has 0 heterocycles. The number of fused-ring (bicyclic) bond motifs is 1. The Morgan fingerprint density at radius 2 is 1.67 bits per heavy atom. The van der Waals surface area contributed by atoms with Gasteiger partial charge in [-0.1, -0.05) is 30.3 Å². The Morgan fingerprint density at radius 3 is 2.30 bits per heavy atom. The summed E-state index contributed by atoms with van der Waals surface area (Å²) in [5, 5.41) is 19.1. The first-order valence-electron chi connectivity index (χ1n) is 8.62. The van der Waals surface area contributed by atoms with Crippen LogP contribution >= 0.6 is 0 Å². The molecule has 0 fully saturated rings. The van der Waals surface area contributed by atoms with Gasteiger partial charge in [0.15, 0.2) is 5.75 Å². The van der Waals surface area contributed by atoms with Gasteiger partial charge in [-0.2, -0.15) is 5.11 Å². The van der Waals surface area contributed by atoms with Crippen molar-refractivity contribution in [2.45, 2.75) is 6.92 Å². The molecule has 1 N–H and O–H groups in total. The Hall–Kier alpha value is -3.41. The fourth-order valence-corrected chi connectivity index (χ4v) is 2.78. The molecule has 2 aliphatic carbocycles. The zero-order chi connectivity index (χ0) is 19.4. The molecular weight excluding hydrogens is 342 g/mol. The van der Waals surface area contributed by atoms with Crippen LogP contribution in [0.15, 0.2) is 64.8 Å². The van der Waals surface area contributed by atoms with Gasteiger partial charge in [0.05, 0.1) is 12.3 Å². The molecule has 0 atom stereocenters. The van der Waals surface area contributed by atoms with E-state index < -0.39 is 5.97 Å². The molecule has 138 valence electrons. The van der Waals surface area contributed by atoms with Crippen LogP contribution in [0.5, 0.6) is 5.75 Å². The second-order valence-corrected chi connectivity index (χ2v) is 6.14. The van der Waals surface area contributed by atoms with Gasteiger partial charge in [-0.05, 0) is 31.2 Å². The van der Waals surface area contributed by atoms with Gasteiger partial charge in [0.1, 0.15) is 11.3 Å². The number of anilines is 1. The number of nitrogens with zero attached hydrogens (tertiary/aromatic N) is 3. The molecule has 0 saturated carbocycles. The van der Waals surface area contributed by atoms with E-state index in [0.29, 0.717) is 16.8 Å². The topological polar surface area (TPSA) is 74.5 Å². The quantitative estimate of drug-likeness (QED) is 0.502. The molecule has 0 amide bonds. The summed E-state index contributed by atoms with van der Waals surface area (Å²) < 4.78 is 5.08. The zero-order valence-electron chi connectivity index (χ0n) is 15.5. The lowest BCUT2D eigenvalue weighted by molar-refractivity contribution is 0.0524. The van der Waals surface area contributed by atoms with Crippen molar-refractivity contribution in [1.29, 1.82) is 0 Å². The molecule has 3 rings (SSSR count). The average molecular weight is 363 g/mol. The molecule has 0 aromatic heterocycles. The fraction of sp³-hybridized carbons (Fsp3) is 0.190. The first-order valence-corrected chi connectivity index (χ1v) is 8.62. The molecule has 0 saturated heterocycles. The van der Waals surface area contributed by atoms with Crippen molar-refractivity contribution < 1.29 is 14.6 Å². The largest absolute Gasteiger partial charge is 0.505 e. The minimum atomic E-state index is -0.581. The van der Waals surface area contributed by atoms with Crippen LogP contribution in [0.25, 0.3) is 11.1 Å². The maximum absolute atomic E-state index is 12.3. The van der Waals surface area contributed by atoms with Crippen molar-refractivity contribution in [2.75, 3.05) is 25.6 Å². The second-order valence-electron chi connectivity index (χ2n) is 6.14. The number of azo groups is 1. The number of hydrogen-bond acceptors (Lipinski definition) is 6. The van der Waals surface area contributed by atoms with Crippen LogP contribution in [-0.2, 0) is 4.74 Å². The van der Waals surface area contributed by atoms with Crippen molar-refractivity contribution in [3.8, 4) is 16.9 Å². The number of rotatable bonds is 5. The highest BCUT2D eigenvalue weighted by atomic mass is 16.5. The minimum Gasteiger partial charge on any atom is -0.505 e. The molecule has 6 heteroatoms. The predicted octanol–water partition coefficient (Wildman–Crippen LogP) is 5.16. The Morgan fingerprint density at radius 1 is 1.00 bits per heavy atom. The van der Waals surface area contributed by atoms with Gasteiger partial charge >= 0.3 is 5.97 Å². The number of carbonyl (C=O) groups is 1. The van der Waals surface area contributed by atoms with Crippen molar-refractivity contribution in [2.24, 2.45) is 10.2 Å². The van der Waals surface area contributed by atoms with E-state index in [2.05, 4.69) is 10.2 Å². The maximum atomic E-state index is 12.3. The molecule has 0 radical (unpaired) electrons. The Bertz CT molecular complexity index is 949. The van der Waals surface area contributed by atoms with Crippen LogP contribution in [0.4, 0.5) is 17.1 Å². The Kier molecular flexibility index (Phi) is 5.35. The summed E-state index contributed by atoms with van der Waals surface area (Å²) in [5.41, 5.74) is 3.27. The van der Waals surface area contributed by atoms with E-state index in [1.165, 1.54) is 0 Å². The van der Waals surface area contributed by atoms with Crippen LogP contribution in [-0.4, -0.2) is 31.8 Å². The summed E-state index contributed by atoms with van der Waals surface area (Å²) in [5.74, 6) is -0.800. The van der Waals surface area contributed by atoms with Gasteiger partial charge in [0, 0.05) is 30.9 Å². The van der Waals surface area contributed by atoms with Gasteiger partial charge in [0.2, 0.25) is 0 Å². The van der Waals surface area contributed by atoms with E-state index in [0.717, 1.165) is 5.69 Å². The van der Waals surface area contributed by atoms with Crippen LogP contribution in [0.1, 0.15) is 17.3 Å². The molecule has 0 unspecified atom stereocenters. The zero-order valence-corrected chi connectivity index (χ0v) is 15.5. The lowest BCUT2D eigenvalue weighted by Crippen LogP contribution is -2.07. The van der Waals surface area contributed by atoms with E-state index in [1.807, 2.05) is 55.4 Å². The third-order valence-corrected chi connectivity index (χ3v) is 4.13.